The van der Waals surface area contributed by atoms with Crippen LogP contribution in [0.15, 0.2) is 26.1 Å². The molecule has 0 amide bonds. The first-order valence-electron chi connectivity index (χ1n) is 6.37. The summed E-state index contributed by atoms with van der Waals surface area (Å²) in [6, 6.07) is 6.70. The standard InChI is InChI=1S/C13H17N3OSe/c1-17-10-5-2-4-9(8-10)14-11-6-3-7-12-13(11)16-18-15-12/h3,6-7,9-10,14H,2,4-5,8H2,1H3. The van der Waals surface area contributed by atoms with Crippen LogP contribution < -0.4 is 5.32 Å². The first kappa shape index (κ1) is 12.1. The van der Waals surface area contributed by atoms with E-state index in [0.717, 1.165) is 23.5 Å². The summed E-state index contributed by atoms with van der Waals surface area (Å²) in [4.78, 5) is 0. The number of ether oxygens (including phenoxy) is 1. The molecule has 0 radical (unpaired) electrons. The predicted octanol–water partition coefficient (Wildman–Crippen LogP) is 3.40. The number of fused-ring (bicyclic) bond motifs is 1. The van der Waals surface area contributed by atoms with Crippen LogP contribution in [0.5, 0.6) is 0 Å². The summed E-state index contributed by atoms with van der Waals surface area (Å²) in [7, 11) is 1.81. The van der Waals surface area contributed by atoms with Crippen molar-refractivity contribution in [2.75, 3.05) is 12.4 Å². The van der Waals surface area contributed by atoms with Gasteiger partial charge in [0.15, 0.2) is 0 Å². The van der Waals surface area contributed by atoms with E-state index in [1.807, 2.05) is 13.2 Å². The van der Waals surface area contributed by atoms with Crippen LogP contribution in [0.3, 0.4) is 0 Å². The maximum atomic E-state index is 5.47. The van der Waals surface area contributed by atoms with Crippen LogP contribution in [0, 0.1) is 0 Å². The molecule has 1 aliphatic carbocycles. The Kier molecular flexibility index (Phi) is 3.64. The van der Waals surface area contributed by atoms with E-state index in [0.29, 0.717) is 12.1 Å². The zero-order valence-electron chi connectivity index (χ0n) is 10.4. The van der Waals surface area contributed by atoms with E-state index in [1.165, 1.54) is 19.3 Å². The maximum absolute atomic E-state index is 5.47. The average Bonchev–Trinajstić information content (AvgIpc) is 2.88. The number of rotatable bonds is 3. The van der Waals surface area contributed by atoms with Gasteiger partial charge in [0.1, 0.15) is 0 Å². The molecule has 1 aromatic carbocycles. The molecule has 0 spiro atoms. The third-order valence-electron chi connectivity index (χ3n) is 3.61. The first-order valence-corrected chi connectivity index (χ1v) is 7.90. The Hall–Kier alpha value is -0.901. The number of hydrogen-bond acceptors (Lipinski definition) is 4. The van der Waals surface area contributed by atoms with Gasteiger partial charge in [-0.25, -0.2) is 0 Å². The minimum absolute atomic E-state index is 0.0434. The SMILES string of the molecule is COC1CCCC(Nc2cccc3c2N=[Se]=N3)C1. The molecule has 2 aliphatic rings. The molecule has 96 valence electrons. The Labute approximate surface area is 113 Å². The van der Waals surface area contributed by atoms with Crippen molar-refractivity contribution >= 4 is 31.6 Å². The molecular formula is C13H17N3OSe. The van der Waals surface area contributed by atoms with Crippen molar-refractivity contribution in [3.63, 3.8) is 0 Å². The average molecular weight is 310 g/mol. The molecule has 18 heavy (non-hydrogen) atoms. The number of methoxy groups -OCH3 is 1. The summed E-state index contributed by atoms with van der Waals surface area (Å²) < 4.78 is 14.4. The zero-order valence-corrected chi connectivity index (χ0v) is 12.1. The summed E-state index contributed by atoms with van der Waals surface area (Å²) in [6.07, 6.45) is 5.12. The van der Waals surface area contributed by atoms with E-state index in [4.69, 9.17) is 4.74 Å². The Bertz CT molecular complexity index is 511. The molecule has 1 saturated carbocycles. The molecule has 0 aromatic heterocycles. The fourth-order valence-corrected chi connectivity index (χ4v) is 3.79. The van der Waals surface area contributed by atoms with Crippen molar-refractivity contribution in [2.24, 2.45) is 7.92 Å². The van der Waals surface area contributed by atoms with Gasteiger partial charge >= 0.3 is 113 Å². The number of nitrogens with one attached hydrogen (secondary N) is 1. The molecule has 0 saturated heterocycles. The van der Waals surface area contributed by atoms with Gasteiger partial charge in [-0.3, -0.25) is 0 Å². The molecule has 1 N–H and O–H groups in total. The summed E-state index contributed by atoms with van der Waals surface area (Å²) in [6.45, 7) is 0. The summed E-state index contributed by atoms with van der Waals surface area (Å²) in [5, 5.41) is 3.62. The predicted molar refractivity (Wildman–Crippen MR) is 73.0 cm³/mol. The number of hydrogen-bond donors (Lipinski definition) is 1. The number of nitrogens with zero attached hydrogens (tertiary/aromatic N) is 2. The normalized spacial score (nSPS) is 25.6. The molecule has 1 fully saturated rings. The Morgan fingerprint density at radius 2 is 2.28 bits per heavy atom. The fourth-order valence-electron chi connectivity index (χ4n) is 2.63. The molecule has 2 unspecified atom stereocenters. The first-order chi connectivity index (χ1) is 8.86. The molecule has 4 nitrogen and oxygen atoms in total. The molecule has 5 heteroatoms. The van der Waals surface area contributed by atoms with E-state index in [-0.39, 0.29) is 14.6 Å². The van der Waals surface area contributed by atoms with Gasteiger partial charge in [-0.15, -0.1) is 0 Å². The van der Waals surface area contributed by atoms with Gasteiger partial charge in [0.2, 0.25) is 0 Å². The Balaban J connectivity index is 1.73. The van der Waals surface area contributed by atoms with E-state index in [2.05, 4.69) is 25.4 Å². The quantitative estimate of drug-likeness (QED) is 0.883. The van der Waals surface area contributed by atoms with Crippen LogP contribution in [-0.4, -0.2) is 33.8 Å². The topological polar surface area (TPSA) is 46.0 Å². The van der Waals surface area contributed by atoms with Gasteiger partial charge in [0, 0.05) is 0 Å². The third kappa shape index (κ3) is 2.44. The van der Waals surface area contributed by atoms with Gasteiger partial charge in [-0.2, -0.15) is 0 Å². The van der Waals surface area contributed by atoms with Gasteiger partial charge in [0.25, 0.3) is 0 Å². The third-order valence-corrected chi connectivity index (χ3v) is 4.74. The second-order valence-electron chi connectivity index (χ2n) is 4.80. The van der Waals surface area contributed by atoms with E-state index in [1.54, 1.807) is 0 Å². The van der Waals surface area contributed by atoms with Crippen LogP contribution in [0.25, 0.3) is 0 Å². The second-order valence-corrected chi connectivity index (χ2v) is 5.91. The number of benzene rings is 1. The van der Waals surface area contributed by atoms with Gasteiger partial charge < -0.3 is 0 Å². The second kappa shape index (κ2) is 5.39. The molecule has 1 aromatic rings. The van der Waals surface area contributed by atoms with Crippen LogP contribution in [0.2, 0.25) is 0 Å². The van der Waals surface area contributed by atoms with Crippen LogP contribution in [0.1, 0.15) is 25.7 Å². The minimum atomic E-state index is 0.0434. The van der Waals surface area contributed by atoms with E-state index >= 15 is 0 Å². The van der Waals surface area contributed by atoms with Crippen molar-refractivity contribution < 1.29 is 4.74 Å². The molecule has 1 heterocycles. The van der Waals surface area contributed by atoms with Crippen LogP contribution >= 0.6 is 0 Å². The van der Waals surface area contributed by atoms with Crippen molar-refractivity contribution in [3.05, 3.63) is 18.2 Å². The van der Waals surface area contributed by atoms with E-state index in [9.17, 15) is 0 Å². The summed E-state index contributed by atoms with van der Waals surface area (Å²) in [5.74, 6) is 0. The monoisotopic (exact) mass is 311 g/mol. The number of anilines is 1. The summed E-state index contributed by atoms with van der Waals surface area (Å²) >= 11 is 0.0434. The van der Waals surface area contributed by atoms with Gasteiger partial charge in [-0.05, 0) is 0 Å². The Morgan fingerprint density at radius 1 is 1.33 bits per heavy atom. The van der Waals surface area contributed by atoms with Gasteiger partial charge in [-0.1, -0.05) is 0 Å². The van der Waals surface area contributed by atoms with Crippen LogP contribution in [0.4, 0.5) is 17.1 Å². The van der Waals surface area contributed by atoms with Crippen molar-refractivity contribution in [3.8, 4) is 0 Å². The van der Waals surface area contributed by atoms with Crippen LogP contribution in [-0.2, 0) is 4.74 Å². The molecule has 1 aliphatic heterocycles. The molecule has 3 rings (SSSR count). The van der Waals surface area contributed by atoms with Crippen molar-refractivity contribution in [1.29, 1.82) is 0 Å². The fraction of sp³-hybridized carbons (Fsp3) is 0.538. The van der Waals surface area contributed by atoms with E-state index < -0.39 is 0 Å². The van der Waals surface area contributed by atoms with Gasteiger partial charge in [0.05, 0.1) is 0 Å². The molecule has 2 atom stereocenters. The molecule has 0 bridgehead atoms. The van der Waals surface area contributed by atoms with Crippen molar-refractivity contribution in [1.82, 2.24) is 0 Å². The summed E-state index contributed by atoms with van der Waals surface area (Å²) in [5.41, 5.74) is 3.23. The van der Waals surface area contributed by atoms with Crippen molar-refractivity contribution in [2.45, 2.75) is 37.8 Å². The Morgan fingerprint density at radius 3 is 3.17 bits per heavy atom. The molecular weight excluding hydrogens is 293 g/mol. The zero-order chi connectivity index (χ0) is 12.4.